The Balaban J connectivity index is 3.01. The molecule has 116 valence electrons. The van der Waals surface area contributed by atoms with Gasteiger partial charge in [-0.05, 0) is 32.1 Å². The number of hydrogen-bond donors (Lipinski definition) is 2. The Labute approximate surface area is 122 Å². The van der Waals surface area contributed by atoms with Gasteiger partial charge in [0, 0.05) is 12.6 Å². The van der Waals surface area contributed by atoms with Gasteiger partial charge >= 0.3 is 0 Å². The summed E-state index contributed by atoms with van der Waals surface area (Å²) in [7, 11) is 0. The summed E-state index contributed by atoms with van der Waals surface area (Å²) in [4.78, 5) is 14.9. The van der Waals surface area contributed by atoms with Crippen molar-refractivity contribution >= 4 is 11.7 Å². The van der Waals surface area contributed by atoms with Crippen LogP contribution in [0.5, 0.6) is 0 Å². The van der Waals surface area contributed by atoms with E-state index in [2.05, 4.69) is 19.0 Å². The number of amides is 1. The highest BCUT2D eigenvalue weighted by molar-refractivity contribution is 6.06. The molecule has 3 N–H and O–H groups in total. The number of rotatable bonds is 6. The van der Waals surface area contributed by atoms with Crippen LogP contribution in [0.1, 0.15) is 59.8 Å². The van der Waals surface area contributed by atoms with E-state index in [1.165, 1.54) is 12.8 Å². The largest absolute Gasteiger partial charge is 0.409 e. The van der Waals surface area contributed by atoms with Crippen LogP contribution in [0.2, 0.25) is 0 Å². The standard InChI is InChI=1S/C15H29N3O2/c1-5-15(4,13(16)17-20)14(19)18(10-11(2)3)12-8-6-7-9-12/h11-12,20H,5-10H2,1-4H3,(H2,16,17). The lowest BCUT2D eigenvalue weighted by molar-refractivity contribution is -0.141. The smallest absolute Gasteiger partial charge is 0.236 e. The summed E-state index contributed by atoms with van der Waals surface area (Å²) in [5, 5.41) is 12.1. The van der Waals surface area contributed by atoms with Gasteiger partial charge in [0.05, 0.1) is 0 Å². The third-order valence-corrected chi connectivity index (χ3v) is 4.44. The van der Waals surface area contributed by atoms with Crippen LogP contribution in [0.15, 0.2) is 5.16 Å². The van der Waals surface area contributed by atoms with E-state index in [-0.39, 0.29) is 11.7 Å². The van der Waals surface area contributed by atoms with Crippen LogP contribution >= 0.6 is 0 Å². The lowest BCUT2D eigenvalue weighted by Gasteiger charge is -2.37. The van der Waals surface area contributed by atoms with Crippen LogP contribution in [0.25, 0.3) is 0 Å². The zero-order chi connectivity index (χ0) is 15.3. The summed E-state index contributed by atoms with van der Waals surface area (Å²) in [5.41, 5.74) is 4.87. The zero-order valence-electron chi connectivity index (χ0n) is 13.2. The van der Waals surface area contributed by atoms with Crippen LogP contribution < -0.4 is 5.73 Å². The van der Waals surface area contributed by atoms with Gasteiger partial charge in [-0.15, -0.1) is 0 Å². The van der Waals surface area contributed by atoms with Crippen LogP contribution in [0.4, 0.5) is 0 Å². The Kier molecular flexibility index (Phi) is 5.84. The molecule has 5 nitrogen and oxygen atoms in total. The van der Waals surface area contributed by atoms with Gasteiger partial charge < -0.3 is 15.8 Å². The maximum absolute atomic E-state index is 13.0. The lowest BCUT2D eigenvalue weighted by Crippen LogP contribution is -2.53. The third-order valence-electron chi connectivity index (χ3n) is 4.44. The van der Waals surface area contributed by atoms with E-state index in [4.69, 9.17) is 10.9 Å². The average Bonchev–Trinajstić information content (AvgIpc) is 2.95. The summed E-state index contributed by atoms with van der Waals surface area (Å²) in [6.07, 6.45) is 5.02. The molecule has 5 heteroatoms. The number of carbonyl (C=O) groups is 1. The van der Waals surface area contributed by atoms with Crippen molar-refractivity contribution in [2.24, 2.45) is 22.2 Å². The Morgan fingerprint density at radius 1 is 1.45 bits per heavy atom. The minimum atomic E-state index is -0.910. The molecule has 0 aliphatic heterocycles. The van der Waals surface area contributed by atoms with Crippen molar-refractivity contribution in [3.8, 4) is 0 Å². The molecule has 0 bridgehead atoms. The molecule has 1 saturated carbocycles. The fourth-order valence-electron chi connectivity index (χ4n) is 2.88. The molecular formula is C15H29N3O2. The first kappa shape index (κ1) is 16.8. The summed E-state index contributed by atoms with van der Waals surface area (Å²) < 4.78 is 0. The summed E-state index contributed by atoms with van der Waals surface area (Å²) >= 11 is 0. The average molecular weight is 283 g/mol. The summed E-state index contributed by atoms with van der Waals surface area (Å²) in [5.74, 6) is 0.417. The monoisotopic (exact) mass is 283 g/mol. The molecule has 1 atom stereocenters. The fraction of sp³-hybridized carbons (Fsp3) is 0.867. The van der Waals surface area contributed by atoms with E-state index >= 15 is 0 Å². The maximum Gasteiger partial charge on any atom is 0.236 e. The van der Waals surface area contributed by atoms with E-state index in [0.29, 0.717) is 18.4 Å². The highest BCUT2D eigenvalue weighted by Crippen LogP contribution is 2.31. The van der Waals surface area contributed by atoms with Gasteiger partial charge in [0.1, 0.15) is 5.41 Å². The van der Waals surface area contributed by atoms with E-state index in [1.54, 1.807) is 6.92 Å². The van der Waals surface area contributed by atoms with Crippen molar-refractivity contribution < 1.29 is 10.0 Å². The molecule has 20 heavy (non-hydrogen) atoms. The van der Waals surface area contributed by atoms with E-state index in [0.717, 1.165) is 19.4 Å². The first-order valence-corrected chi connectivity index (χ1v) is 7.65. The molecule has 0 spiro atoms. The normalized spacial score (nSPS) is 20.1. The molecule has 1 aliphatic carbocycles. The van der Waals surface area contributed by atoms with Crippen molar-refractivity contribution in [1.29, 1.82) is 0 Å². The molecule has 1 unspecified atom stereocenters. The molecule has 0 heterocycles. The van der Waals surface area contributed by atoms with Gasteiger partial charge in [0.2, 0.25) is 5.91 Å². The molecular weight excluding hydrogens is 254 g/mol. The van der Waals surface area contributed by atoms with Crippen LogP contribution in [0.3, 0.4) is 0 Å². The van der Waals surface area contributed by atoms with E-state index in [1.807, 2.05) is 11.8 Å². The molecule has 0 aromatic heterocycles. The van der Waals surface area contributed by atoms with Gasteiger partial charge in [-0.25, -0.2) is 0 Å². The maximum atomic E-state index is 13.0. The van der Waals surface area contributed by atoms with Gasteiger partial charge in [0.15, 0.2) is 5.84 Å². The second-order valence-electron chi connectivity index (χ2n) is 6.46. The van der Waals surface area contributed by atoms with Crippen LogP contribution in [-0.4, -0.2) is 34.4 Å². The van der Waals surface area contributed by atoms with E-state index < -0.39 is 5.41 Å². The molecule has 0 saturated heterocycles. The molecule has 0 aromatic carbocycles. The van der Waals surface area contributed by atoms with Gasteiger partial charge in [-0.2, -0.15) is 0 Å². The zero-order valence-corrected chi connectivity index (χ0v) is 13.2. The van der Waals surface area contributed by atoms with Crippen molar-refractivity contribution in [3.63, 3.8) is 0 Å². The molecule has 0 aromatic rings. The SMILES string of the molecule is CCC(C)(C(=O)N(CC(C)C)C1CCCC1)C(N)=NO. The van der Waals surface area contributed by atoms with Crippen molar-refractivity contribution in [1.82, 2.24) is 4.90 Å². The number of carbonyl (C=O) groups excluding carboxylic acids is 1. The Bertz CT molecular complexity index is 362. The topological polar surface area (TPSA) is 78.9 Å². The fourth-order valence-corrected chi connectivity index (χ4v) is 2.88. The lowest BCUT2D eigenvalue weighted by atomic mass is 9.83. The highest BCUT2D eigenvalue weighted by atomic mass is 16.4. The molecule has 1 rings (SSSR count). The second kappa shape index (κ2) is 6.95. The summed E-state index contributed by atoms with van der Waals surface area (Å²) in [6.45, 7) is 8.63. The molecule has 1 fully saturated rings. The Hall–Kier alpha value is -1.26. The predicted molar refractivity (Wildman–Crippen MR) is 80.6 cm³/mol. The number of hydrogen-bond acceptors (Lipinski definition) is 3. The van der Waals surface area contributed by atoms with Gasteiger partial charge in [-0.1, -0.05) is 38.8 Å². The first-order chi connectivity index (χ1) is 9.36. The molecule has 0 radical (unpaired) electrons. The minimum Gasteiger partial charge on any atom is -0.409 e. The van der Waals surface area contributed by atoms with Crippen molar-refractivity contribution in [2.75, 3.05) is 6.54 Å². The number of oxime groups is 1. The van der Waals surface area contributed by atoms with Crippen molar-refractivity contribution in [2.45, 2.75) is 65.8 Å². The quantitative estimate of drug-likeness (QED) is 0.340. The molecule has 1 amide bonds. The first-order valence-electron chi connectivity index (χ1n) is 7.65. The van der Waals surface area contributed by atoms with Crippen molar-refractivity contribution in [3.05, 3.63) is 0 Å². The number of nitrogens with two attached hydrogens (primary N) is 1. The minimum absolute atomic E-state index is 0.00380. The second-order valence-corrected chi connectivity index (χ2v) is 6.46. The van der Waals surface area contributed by atoms with Gasteiger partial charge in [0.25, 0.3) is 0 Å². The highest BCUT2D eigenvalue weighted by Gasteiger charge is 2.42. The van der Waals surface area contributed by atoms with E-state index in [9.17, 15) is 4.79 Å². The molecule has 1 aliphatic rings. The predicted octanol–water partition coefficient (Wildman–Crippen LogP) is 2.58. The summed E-state index contributed by atoms with van der Waals surface area (Å²) in [6, 6.07) is 0.308. The van der Waals surface area contributed by atoms with Gasteiger partial charge in [-0.3, -0.25) is 4.79 Å². The number of amidine groups is 1. The number of nitrogens with zero attached hydrogens (tertiary/aromatic N) is 2. The third kappa shape index (κ3) is 3.44. The Morgan fingerprint density at radius 3 is 2.40 bits per heavy atom. The van der Waals surface area contributed by atoms with Crippen LogP contribution in [-0.2, 0) is 4.79 Å². The van der Waals surface area contributed by atoms with Crippen LogP contribution in [0, 0.1) is 11.3 Å². The Morgan fingerprint density at radius 2 is 2.00 bits per heavy atom.